The number of hydrogen-bond donors (Lipinski definition) is 1. The molecule has 1 N–H and O–H groups in total. The van der Waals surface area contributed by atoms with E-state index >= 15 is 0 Å². The van der Waals surface area contributed by atoms with E-state index < -0.39 is 17.6 Å². The predicted molar refractivity (Wildman–Crippen MR) is 79.9 cm³/mol. The molecule has 0 radical (unpaired) electrons. The number of amides is 1. The number of hydrogen-bond acceptors (Lipinski definition) is 4. The normalized spacial score (nSPS) is 13.1. The quantitative estimate of drug-likeness (QED) is 0.860. The zero-order valence-electron chi connectivity index (χ0n) is 13.9. The minimum Gasteiger partial charge on any atom is -0.458 e. The summed E-state index contributed by atoms with van der Waals surface area (Å²) in [7, 11) is 1.76. The summed E-state index contributed by atoms with van der Waals surface area (Å²) in [4.78, 5) is 24.5. The van der Waals surface area contributed by atoms with Crippen LogP contribution in [0.15, 0.2) is 6.20 Å². The van der Waals surface area contributed by atoms with E-state index in [-0.39, 0.29) is 11.8 Å². The van der Waals surface area contributed by atoms with Crippen molar-refractivity contribution in [3.63, 3.8) is 0 Å². The van der Waals surface area contributed by atoms with Gasteiger partial charge in [0.1, 0.15) is 11.6 Å². The standard InChI is InChI=1S/C15H25N3O3/c1-9(2)12(14(20)21-15(4,5)6)17-13(19)11-8-16-18(7)10(11)3/h8-9,12H,1-7H3,(H,17,19)/t12-/m0/s1. The highest BCUT2D eigenvalue weighted by molar-refractivity contribution is 5.97. The van der Waals surface area contributed by atoms with Crippen LogP contribution >= 0.6 is 0 Å². The van der Waals surface area contributed by atoms with Crippen molar-refractivity contribution in [2.45, 2.75) is 53.2 Å². The van der Waals surface area contributed by atoms with Crippen molar-refractivity contribution in [1.82, 2.24) is 15.1 Å². The minimum absolute atomic E-state index is 0.0687. The molecule has 0 aliphatic carbocycles. The molecule has 0 aliphatic heterocycles. The van der Waals surface area contributed by atoms with Gasteiger partial charge in [0.2, 0.25) is 0 Å². The van der Waals surface area contributed by atoms with Crippen molar-refractivity contribution in [3.05, 3.63) is 17.5 Å². The summed E-state index contributed by atoms with van der Waals surface area (Å²) in [6, 6.07) is -0.684. The Balaban J connectivity index is 2.86. The lowest BCUT2D eigenvalue weighted by Crippen LogP contribution is -2.47. The highest BCUT2D eigenvalue weighted by Gasteiger charge is 2.30. The van der Waals surface area contributed by atoms with Crippen molar-refractivity contribution in [3.8, 4) is 0 Å². The van der Waals surface area contributed by atoms with Gasteiger partial charge < -0.3 is 10.1 Å². The molecule has 118 valence electrons. The molecule has 0 unspecified atom stereocenters. The molecule has 0 saturated carbocycles. The number of esters is 1. The molecular formula is C15H25N3O3. The lowest BCUT2D eigenvalue weighted by molar-refractivity contribution is -0.158. The van der Waals surface area contributed by atoms with E-state index in [0.717, 1.165) is 5.69 Å². The Hall–Kier alpha value is -1.85. The lowest BCUT2D eigenvalue weighted by Gasteiger charge is -2.26. The Labute approximate surface area is 125 Å². The maximum absolute atomic E-state index is 12.3. The first-order chi connectivity index (χ1) is 9.53. The molecule has 0 aromatic carbocycles. The van der Waals surface area contributed by atoms with E-state index in [1.54, 1.807) is 39.4 Å². The van der Waals surface area contributed by atoms with Crippen LogP contribution in [0.1, 0.15) is 50.7 Å². The zero-order valence-corrected chi connectivity index (χ0v) is 13.9. The Kier molecular flexibility index (Phi) is 5.15. The molecule has 21 heavy (non-hydrogen) atoms. The fraction of sp³-hybridized carbons (Fsp3) is 0.667. The smallest absolute Gasteiger partial charge is 0.329 e. The highest BCUT2D eigenvalue weighted by Crippen LogP contribution is 2.14. The van der Waals surface area contributed by atoms with Gasteiger partial charge in [0.05, 0.1) is 11.8 Å². The Morgan fingerprint density at radius 3 is 2.29 bits per heavy atom. The van der Waals surface area contributed by atoms with E-state index in [4.69, 9.17) is 4.74 Å². The van der Waals surface area contributed by atoms with Gasteiger partial charge in [0.15, 0.2) is 0 Å². The third kappa shape index (κ3) is 4.58. The second-order valence-corrected chi connectivity index (χ2v) is 6.50. The van der Waals surface area contributed by atoms with Crippen LogP contribution in [0, 0.1) is 12.8 Å². The van der Waals surface area contributed by atoms with Gasteiger partial charge in [-0.25, -0.2) is 4.79 Å². The Morgan fingerprint density at radius 1 is 1.33 bits per heavy atom. The fourth-order valence-corrected chi connectivity index (χ4v) is 1.80. The molecule has 1 rings (SSSR count). The number of carbonyl (C=O) groups excluding carboxylic acids is 2. The Bertz CT molecular complexity index is 527. The van der Waals surface area contributed by atoms with E-state index in [9.17, 15) is 9.59 Å². The maximum Gasteiger partial charge on any atom is 0.329 e. The second kappa shape index (κ2) is 6.28. The molecule has 1 aromatic rings. The maximum atomic E-state index is 12.3. The molecular weight excluding hydrogens is 270 g/mol. The van der Waals surface area contributed by atoms with Crippen LogP contribution < -0.4 is 5.32 Å². The summed E-state index contributed by atoms with van der Waals surface area (Å²) in [5.74, 6) is -0.807. The molecule has 1 heterocycles. The summed E-state index contributed by atoms with van der Waals surface area (Å²) in [5, 5.41) is 6.78. The molecule has 0 spiro atoms. The first-order valence-corrected chi connectivity index (χ1v) is 7.05. The molecule has 0 aliphatic rings. The Morgan fingerprint density at radius 2 is 1.90 bits per heavy atom. The highest BCUT2D eigenvalue weighted by atomic mass is 16.6. The van der Waals surface area contributed by atoms with Gasteiger partial charge in [-0.3, -0.25) is 9.48 Å². The van der Waals surface area contributed by atoms with Gasteiger partial charge in [-0.1, -0.05) is 13.8 Å². The average Bonchev–Trinajstić information content (AvgIpc) is 2.64. The first kappa shape index (κ1) is 17.2. The minimum atomic E-state index is -0.684. The third-order valence-corrected chi connectivity index (χ3v) is 3.09. The number of aryl methyl sites for hydroxylation is 1. The summed E-state index contributed by atoms with van der Waals surface area (Å²) >= 11 is 0. The SMILES string of the molecule is Cc1c(C(=O)N[C@H](C(=O)OC(C)(C)C)C(C)C)cnn1C. The van der Waals surface area contributed by atoms with Crippen LogP contribution in [0.5, 0.6) is 0 Å². The number of ether oxygens (including phenoxy) is 1. The van der Waals surface area contributed by atoms with Gasteiger partial charge in [0, 0.05) is 12.7 Å². The second-order valence-electron chi connectivity index (χ2n) is 6.50. The van der Waals surface area contributed by atoms with Crippen molar-refractivity contribution in [2.75, 3.05) is 0 Å². The lowest BCUT2D eigenvalue weighted by atomic mass is 10.0. The molecule has 0 fully saturated rings. The van der Waals surface area contributed by atoms with Gasteiger partial charge in [-0.15, -0.1) is 0 Å². The molecule has 1 amide bonds. The number of nitrogens with zero attached hydrogens (tertiary/aromatic N) is 2. The van der Waals surface area contributed by atoms with Gasteiger partial charge in [0.25, 0.3) is 5.91 Å². The summed E-state index contributed by atoms with van der Waals surface area (Å²) in [5.41, 5.74) is 0.630. The summed E-state index contributed by atoms with van der Waals surface area (Å²) in [6.45, 7) is 10.9. The van der Waals surface area contributed by atoms with E-state index in [0.29, 0.717) is 5.56 Å². The summed E-state index contributed by atoms with van der Waals surface area (Å²) in [6.07, 6.45) is 1.50. The number of carbonyl (C=O) groups is 2. The average molecular weight is 295 g/mol. The van der Waals surface area contributed by atoms with E-state index in [1.807, 2.05) is 13.8 Å². The van der Waals surface area contributed by atoms with Gasteiger partial charge in [-0.05, 0) is 33.6 Å². The van der Waals surface area contributed by atoms with Gasteiger partial charge in [-0.2, -0.15) is 5.10 Å². The number of nitrogens with one attached hydrogen (secondary N) is 1. The van der Waals surface area contributed by atoms with Crippen LogP contribution in [-0.2, 0) is 16.6 Å². The predicted octanol–water partition coefficient (Wildman–Crippen LogP) is 1.82. The molecule has 0 bridgehead atoms. The van der Waals surface area contributed by atoms with Crippen LogP contribution in [0.4, 0.5) is 0 Å². The third-order valence-electron chi connectivity index (χ3n) is 3.09. The topological polar surface area (TPSA) is 73.2 Å². The van der Waals surface area contributed by atoms with Crippen molar-refractivity contribution in [1.29, 1.82) is 0 Å². The van der Waals surface area contributed by atoms with E-state index in [1.165, 1.54) is 6.20 Å². The molecule has 6 heteroatoms. The zero-order chi connectivity index (χ0) is 16.4. The monoisotopic (exact) mass is 295 g/mol. The largest absolute Gasteiger partial charge is 0.458 e. The molecule has 0 saturated heterocycles. The number of aromatic nitrogens is 2. The number of rotatable bonds is 4. The van der Waals surface area contributed by atoms with Crippen LogP contribution in [0.3, 0.4) is 0 Å². The molecule has 1 aromatic heterocycles. The van der Waals surface area contributed by atoms with Crippen molar-refractivity contribution < 1.29 is 14.3 Å². The van der Waals surface area contributed by atoms with Crippen molar-refractivity contribution in [2.24, 2.45) is 13.0 Å². The van der Waals surface area contributed by atoms with Crippen LogP contribution in [-0.4, -0.2) is 33.3 Å². The molecule has 1 atom stereocenters. The fourth-order valence-electron chi connectivity index (χ4n) is 1.80. The first-order valence-electron chi connectivity index (χ1n) is 7.05. The molecule has 6 nitrogen and oxygen atoms in total. The summed E-state index contributed by atoms with van der Waals surface area (Å²) < 4.78 is 6.98. The van der Waals surface area contributed by atoms with Crippen LogP contribution in [0.25, 0.3) is 0 Å². The van der Waals surface area contributed by atoms with E-state index in [2.05, 4.69) is 10.4 Å². The van der Waals surface area contributed by atoms with Gasteiger partial charge >= 0.3 is 5.97 Å². The van der Waals surface area contributed by atoms with Crippen LogP contribution in [0.2, 0.25) is 0 Å². The van der Waals surface area contributed by atoms with Crippen molar-refractivity contribution >= 4 is 11.9 Å².